The van der Waals surface area contributed by atoms with Crippen molar-refractivity contribution in [3.05, 3.63) is 24.2 Å². The summed E-state index contributed by atoms with van der Waals surface area (Å²) in [5.74, 6) is 1.80. The maximum absolute atomic E-state index is 12.7. The maximum Gasteiger partial charge on any atom is 0.251 e. The van der Waals surface area contributed by atoms with Crippen LogP contribution in [0.3, 0.4) is 0 Å². The highest BCUT2D eigenvalue weighted by atomic mass is 16.7. The quantitative estimate of drug-likeness (QED) is 0.838. The Hall–Kier alpha value is -1.37. The second-order valence-corrected chi connectivity index (χ2v) is 6.47. The van der Waals surface area contributed by atoms with Crippen LogP contribution in [0.25, 0.3) is 0 Å². The van der Waals surface area contributed by atoms with Gasteiger partial charge in [0.25, 0.3) is 5.91 Å². The summed E-state index contributed by atoms with van der Waals surface area (Å²) in [5.41, 5.74) is 0. The van der Waals surface area contributed by atoms with Crippen LogP contribution in [0.1, 0.15) is 12.2 Å². The third kappa shape index (κ3) is 2.66. The maximum atomic E-state index is 12.7. The standard InChI is InChI=1S/C16H22N2O4/c19-16(18-4-2-6-22-18)15-11-20-10-12-7-17(9-14(12)15)8-13-3-1-5-21-13/h1,3,5,12,14-15H,2,4,6-11H2/t12-,14-,15+/m1/s1. The van der Waals surface area contributed by atoms with Crippen LogP contribution in [-0.2, 0) is 20.9 Å². The number of rotatable bonds is 3. The molecule has 0 spiro atoms. The molecule has 0 unspecified atom stereocenters. The van der Waals surface area contributed by atoms with Gasteiger partial charge in [-0.3, -0.25) is 14.5 Å². The highest BCUT2D eigenvalue weighted by molar-refractivity contribution is 5.78. The van der Waals surface area contributed by atoms with Crippen LogP contribution in [0.4, 0.5) is 0 Å². The second-order valence-electron chi connectivity index (χ2n) is 6.47. The van der Waals surface area contributed by atoms with Crippen molar-refractivity contribution < 1.29 is 18.8 Å². The molecule has 22 heavy (non-hydrogen) atoms. The Morgan fingerprint density at radius 3 is 3.05 bits per heavy atom. The zero-order chi connectivity index (χ0) is 14.9. The van der Waals surface area contributed by atoms with Gasteiger partial charge in [-0.25, -0.2) is 5.06 Å². The Labute approximate surface area is 129 Å². The second kappa shape index (κ2) is 6.02. The molecule has 6 nitrogen and oxygen atoms in total. The number of amides is 1. The van der Waals surface area contributed by atoms with E-state index in [2.05, 4.69) is 4.90 Å². The largest absolute Gasteiger partial charge is 0.468 e. The molecule has 3 aliphatic heterocycles. The third-order valence-electron chi connectivity index (χ3n) is 4.99. The van der Waals surface area contributed by atoms with Crippen LogP contribution in [0.15, 0.2) is 22.8 Å². The van der Waals surface area contributed by atoms with Crippen molar-refractivity contribution in [2.75, 3.05) is 39.5 Å². The van der Waals surface area contributed by atoms with E-state index < -0.39 is 0 Å². The molecule has 1 amide bonds. The van der Waals surface area contributed by atoms with E-state index in [1.807, 2.05) is 12.1 Å². The van der Waals surface area contributed by atoms with Crippen LogP contribution in [0, 0.1) is 17.8 Å². The van der Waals surface area contributed by atoms with E-state index >= 15 is 0 Å². The lowest BCUT2D eigenvalue weighted by atomic mass is 9.82. The molecule has 1 aromatic heterocycles. The van der Waals surface area contributed by atoms with Gasteiger partial charge in [-0.15, -0.1) is 0 Å². The van der Waals surface area contributed by atoms with Crippen LogP contribution in [-0.4, -0.2) is 55.3 Å². The zero-order valence-electron chi connectivity index (χ0n) is 12.6. The average molecular weight is 306 g/mol. The van der Waals surface area contributed by atoms with Gasteiger partial charge >= 0.3 is 0 Å². The van der Waals surface area contributed by atoms with Gasteiger partial charge in [-0.05, 0) is 30.4 Å². The van der Waals surface area contributed by atoms with Gasteiger partial charge in [0.15, 0.2) is 0 Å². The van der Waals surface area contributed by atoms with Gasteiger partial charge in [0.1, 0.15) is 5.76 Å². The molecule has 120 valence electrons. The fraction of sp³-hybridized carbons (Fsp3) is 0.688. The predicted molar refractivity (Wildman–Crippen MR) is 77.6 cm³/mol. The summed E-state index contributed by atoms with van der Waals surface area (Å²) in [6, 6.07) is 3.91. The van der Waals surface area contributed by atoms with E-state index in [1.165, 1.54) is 0 Å². The Kier molecular flexibility index (Phi) is 3.90. The first-order chi connectivity index (χ1) is 10.8. The molecule has 3 fully saturated rings. The van der Waals surface area contributed by atoms with Crippen LogP contribution in [0.5, 0.6) is 0 Å². The van der Waals surface area contributed by atoms with Crippen LogP contribution in [0.2, 0.25) is 0 Å². The fourth-order valence-electron chi connectivity index (χ4n) is 3.90. The molecule has 6 heteroatoms. The van der Waals surface area contributed by atoms with Gasteiger partial charge in [0.2, 0.25) is 0 Å². The van der Waals surface area contributed by atoms with Gasteiger partial charge in [0, 0.05) is 13.1 Å². The molecule has 0 saturated carbocycles. The van der Waals surface area contributed by atoms with Gasteiger partial charge in [-0.2, -0.15) is 0 Å². The number of furan rings is 1. The van der Waals surface area contributed by atoms with E-state index in [0.29, 0.717) is 31.6 Å². The smallest absolute Gasteiger partial charge is 0.251 e. The van der Waals surface area contributed by atoms with Crippen molar-refractivity contribution in [1.82, 2.24) is 9.96 Å². The number of likely N-dealkylation sites (tertiary alicyclic amines) is 1. The van der Waals surface area contributed by atoms with Crippen molar-refractivity contribution in [1.29, 1.82) is 0 Å². The zero-order valence-corrected chi connectivity index (χ0v) is 12.6. The minimum Gasteiger partial charge on any atom is -0.468 e. The van der Waals surface area contributed by atoms with Gasteiger partial charge in [0.05, 0.1) is 45.1 Å². The number of hydrogen-bond acceptors (Lipinski definition) is 5. The summed E-state index contributed by atoms with van der Waals surface area (Å²) < 4.78 is 11.1. The molecule has 0 radical (unpaired) electrons. The Morgan fingerprint density at radius 1 is 1.32 bits per heavy atom. The number of hydroxylamine groups is 2. The summed E-state index contributed by atoms with van der Waals surface area (Å²) in [4.78, 5) is 20.4. The number of nitrogens with zero attached hydrogens (tertiary/aromatic N) is 2. The Bertz CT molecular complexity index is 512. The topological polar surface area (TPSA) is 55.2 Å². The van der Waals surface area contributed by atoms with Crippen molar-refractivity contribution >= 4 is 5.91 Å². The molecule has 0 aliphatic carbocycles. The van der Waals surface area contributed by atoms with Crippen molar-refractivity contribution in [3.8, 4) is 0 Å². The van der Waals surface area contributed by atoms with Gasteiger partial charge < -0.3 is 9.15 Å². The molecule has 4 rings (SSSR count). The van der Waals surface area contributed by atoms with E-state index in [4.69, 9.17) is 14.0 Å². The first kappa shape index (κ1) is 14.2. The molecule has 0 aromatic carbocycles. The SMILES string of the molecule is O=C([C@H]1COC[C@H]2CN(Cc3ccco3)C[C@H]21)N1CCCO1. The van der Waals surface area contributed by atoms with E-state index in [9.17, 15) is 4.79 Å². The normalized spacial score (nSPS) is 32.4. The number of hydrogen-bond donors (Lipinski definition) is 0. The lowest BCUT2D eigenvalue weighted by Crippen LogP contribution is -2.45. The highest BCUT2D eigenvalue weighted by Gasteiger charge is 2.45. The minimum atomic E-state index is -0.0709. The fourth-order valence-corrected chi connectivity index (χ4v) is 3.90. The number of fused-ring (bicyclic) bond motifs is 1. The highest BCUT2D eigenvalue weighted by Crippen LogP contribution is 2.36. The number of carbonyl (C=O) groups excluding carboxylic acids is 1. The monoisotopic (exact) mass is 306 g/mol. The van der Waals surface area contributed by atoms with E-state index in [1.54, 1.807) is 11.3 Å². The number of ether oxygens (including phenoxy) is 1. The Balaban J connectivity index is 1.43. The summed E-state index contributed by atoms with van der Waals surface area (Å²) in [5, 5.41) is 1.55. The Morgan fingerprint density at radius 2 is 2.27 bits per heavy atom. The molecular weight excluding hydrogens is 284 g/mol. The third-order valence-corrected chi connectivity index (χ3v) is 4.99. The van der Waals surface area contributed by atoms with E-state index in [-0.39, 0.29) is 11.8 Å². The molecule has 3 aliphatic rings. The molecule has 3 saturated heterocycles. The van der Waals surface area contributed by atoms with Crippen molar-refractivity contribution in [3.63, 3.8) is 0 Å². The molecule has 0 N–H and O–H groups in total. The molecular formula is C16H22N2O4. The van der Waals surface area contributed by atoms with Gasteiger partial charge in [-0.1, -0.05) is 0 Å². The van der Waals surface area contributed by atoms with Crippen LogP contribution >= 0.6 is 0 Å². The lowest BCUT2D eigenvalue weighted by molar-refractivity contribution is -0.181. The lowest BCUT2D eigenvalue weighted by Gasteiger charge is -2.33. The molecule has 0 bridgehead atoms. The summed E-state index contributed by atoms with van der Waals surface area (Å²) in [6.07, 6.45) is 2.64. The molecule has 3 atom stereocenters. The van der Waals surface area contributed by atoms with E-state index in [0.717, 1.165) is 38.4 Å². The summed E-state index contributed by atoms with van der Waals surface area (Å²) >= 11 is 0. The first-order valence-corrected chi connectivity index (χ1v) is 8.08. The predicted octanol–water partition coefficient (Wildman–Crippen LogP) is 1.14. The van der Waals surface area contributed by atoms with Crippen molar-refractivity contribution in [2.45, 2.75) is 13.0 Å². The molecule has 4 heterocycles. The average Bonchev–Trinajstić information content (AvgIpc) is 3.27. The number of carbonyl (C=O) groups is 1. The summed E-state index contributed by atoms with van der Waals surface area (Å²) in [7, 11) is 0. The minimum absolute atomic E-state index is 0.0709. The van der Waals surface area contributed by atoms with Crippen molar-refractivity contribution in [2.24, 2.45) is 17.8 Å². The van der Waals surface area contributed by atoms with Crippen LogP contribution < -0.4 is 0 Å². The molecule has 1 aromatic rings. The first-order valence-electron chi connectivity index (χ1n) is 8.08. The summed E-state index contributed by atoms with van der Waals surface area (Å²) in [6.45, 7) is 5.34.